The van der Waals surface area contributed by atoms with Crippen molar-refractivity contribution in [2.75, 3.05) is 30.9 Å². The van der Waals surface area contributed by atoms with Gasteiger partial charge in [0, 0.05) is 25.5 Å². The van der Waals surface area contributed by atoms with Gasteiger partial charge in [0.1, 0.15) is 11.2 Å². The molecule has 6 nitrogen and oxygen atoms in total. The number of carbonyl (C=O) groups is 1. The van der Waals surface area contributed by atoms with Gasteiger partial charge in [0.05, 0.1) is 16.9 Å². The number of nitrogens with one attached hydrogen (secondary N) is 1. The average molecular weight is 356 g/mol. The van der Waals surface area contributed by atoms with Crippen molar-refractivity contribution in [3.05, 3.63) is 41.0 Å². The molecule has 0 saturated heterocycles. The van der Waals surface area contributed by atoms with Gasteiger partial charge in [-0.05, 0) is 43.7 Å². The molecule has 0 unspecified atom stereocenters. The van der Waals surface area contributed by atoms with Crippen LogP contribution in [-0.2, 0) is 0 Å². The Bertz CT molecular complexity index is 903. The molecular formula is C18H20N4O2S. The molecule has 2 heterocycles. The van der Waals surface area contributed by atoms with Gasteiger partial charge in [-0.15, -0.1) is 11.3 Å². The second-order valence-electron chi connectivity index (χ2n) is 5.74. The zero-order chi connectivity index (χ0) is 18.0. The lowest BCUT2D eigenvalue weighted by Gasteiger charge is -2.13. The van der Waals surface area contributed by atoms with E-state index in [1.165, 1.54) is 17.7 Å². The Balaban J connectivity index is 1.89. The van der Waals surface area contributed by atoms with E-state index in [9.17, 15) is 4.79 Å². The Morgan fingerprint density at radius 2 is 1.96 bits per heavy atom. The molecule has 3 rings (SSSR count). The highest BCUT2D eigenvalue weighted by Gasteiger charge is 2.20. The summed E-state index contributed by atoms with van der Waals surface area (Å²) >= 11 is 1.35. The lowest BCUT2D eigenvalue weighted by molar-refractivity contribution is 0.103. The maximum Gasteiger partial charge on any atom is 0.266 e. The number of rotatable bonds is 5. The summed E-state index contributed by atoms with van der Waals surface area (Å²) in [6, 6.07) is 7.71. The van der Waals surface area contributed by atoms with Crippen molar-refractivity contribution < 1.29 is 9.53 Å². The highest BCUT2D eigenvalue weighted by Crippen LogP contribution is 2.34. The Kier molecular flexibility index (Phi) is 4.85. The molecule has 1 N–H and O–H groups in total. The van der Waals surface area contributed by atoms with Crippen LogP contribution < -0.4 is 15.0 Å². The Labute approximate surface area is 150 Å². The standard InChI is InChI=1S/C18H20N4O2S/c1-5-24-17-14-11(2)15(25-18(14)20-10-19-17)16(23)21-12-6-8-13(9-7-12)22(3)4/h6-10H,5H2,1-4H3,(H,21,23). The van der Waals surface area contributed by atoms with Crippen LogP contribution in [-0.4, -0.2) is 36.6 Å². The van der Waals surface area contributed by atoms with E-state index < -0.39 is 0 Å². The summed E-state index contributed by atoms with van der Waals surface area (Å²) < 4.78 is 5.57. The fraction of sp³-hybridized carbons (Fsp3) is 0.278. The zero-order valence-corrected chi connectivity index (χ0v) is 15.5. The second-order valence-corrected chi connectivity index (χ2v) is 6.74. The van der Waals surface area contributed by atoms with Crippen LogP contribution in [0, 0.1) is 6.92 Å². The Hall–Kier alpha value is -2.67. The van der Waals surface area contributed by atoms with Gasteiger partial charge in [-0.25, -0.2) is 9.97 Å². The van der Waals surface area contributed by atoms with Gasteiger partial charge < -0.3 is 15.0 Å². The molecular weight excluding hydrogens is 336 g/mol. The number of fused-ring (bicyclic) bond motifs is 1. The molecule has 0 spiro atoms. The number of carbonyl (C=O) groups excluding carboxylic acids is 1. The first-order valence-electron chi connectivity index (χ1n) is 7.97. The molecule has 0 radical (unpaired) electrons. The quantitative estimate of drug-likeness (QED) is 0.755. The molecule has 0 aliphatic heterocycles. The van der Waals surface area contributed by atoms with Crippen LogP contribution >= 0.6 is 11.3 Å². The van der Waals surface area contributed by atoms with Gasteiger partial charge in [0.15, 0.2) is 0 Å². The molecule has 0 saturated carbocycles. The predicted octanol–water partition coefficient (Wildman–Crippen LogP) is 3.72. The smallest absolute Gasteiger partial charge is 0.266 e. The molecule has 7 heteroatoms. The predicted molar refractivity (Wildman–Crippen MR) is 102 cm³/mol. The van der Waals surface area contributed by atoms with Crippen molar-refractivity contribution in [3.8, 4) is 5.88 Å². The monoisotopic (exact) mass is 356 g/mol. The lowest BCUT2D eigenvalue weighted by atomic mass is 10.2. The highest BCUT2D eigenvalue weighted by molar-refractivity contribution is 7.20. The minimum absolute atomic E-state index is 0.152. The maximum atomic E-state index is 12.7. The summed E-state index contributed by atoms with van der Waals surface area (Å²) in [5, 5.41) is 3.75. The van der Waals surface area contributed by atoms with Crippen LogP contribution in [0.4, 0.5) is 11.4 Å². The van der Waals surface area contributed by atoms with E-state index in [0.717, 1.165) is 27.2 Å². The topological polar surface area (TPSA) is 67.3 Å². The van der Waals surface area contributed by atoms with Crippen molar-refractivity contribution >= 4 is 38.8 Å². The van der Waals surface area contributed by atoms with E-state index in [4.69, 9.17) is 4.74 Å². The normalized spacial score (nSPS) is 10.7. The van der Waals surface area contributed by atoms with E-state index in [-0.39, 0.29) is 5.91 Å². The number of hydrogen-bond acceptors (Lipinski definition) is 6. The summed E-state index contributed by atoms with van der Waals surface area (Å²) in [6.07, 6.45) is 1.46. The van der Waals surface area contributed by atoms with E-state index in [1.807, 2.05) is 57.1 Å². The van der Waals surface area contributed by atoms with Crippen molar-refractivity contribution in [2.24, 2.45) is 0 Å². The van der Waals surface area contributed by atoms with Gasteiger partial charge in [-0.1, -0.05) is 0 Å². The van der Waals surface area contributed by atoms with E-state index in [0.29, 0.717) is 17.4 Å². The number of aryl methyl sites for hydroxylation is 1. The number of benzene rings is 1. The van der Waals surface area contributed by atoms with Crippen LogP contribution in [0.5, 0.6) is 5.88 Å². The summed E-state index contributed by atoms with van der Waals surface area (Å²) in [6.45, 7) is 4.32. The first kappa shape index (κ1) is 17.2. The molecule has 1 aromatic carbocycles. The van der Waals surface area contributed by atoms with Gasteiger partial charge in [-0.3, -0.25) is 4.79 Å². The molecule has 3 aromatic rings. The number of hydrogen-bond donors (Lipinski definition) is 1. The van der Waals surface area contributed by atoms with E-state index in [1.54, 1.807) is 0 Å². The number of anilines is 2. The molecule has 0 bridgehead atoms. The molecule has 2 aromatic heterocycles. The fourth-order valence-electron chi connectivity index (χ4n) is 2.53. The molecule has 0 atom stereocenters. The Morgan fingerprint density at radius 3 is 2.60 bits per heavy atom. The van der Waals surface area contributed by atoms with Gasteiger partial charge in [-0.2, -0.15) is 0 Å². The van der Waals surface area contributed by atoms with Crippen molar-refractivity contribution in [3.63, 3.8) is 0 Å². The molecule has 0 aliphatic rings. The maximum absolute atomic E-state index is 12.7. The second kappa shape index (κ2) is 7.06. The number of thiophene rings is 1. The van der Waals surface area contributed by atoms with Gasteiger partial charge >= 0.3 is 0 Å². The number of amides is 1. The van der Waals surface area contributed by atoms with Crippen LogP contribution in [0.2, 0.25) is 0 Å². The van der Waals surface area contributed by atoms with Crippen molar-refractivity contribution in [1.29, 1.82) is 0 Å². The number of ether oxygens (including phenoxy) is 1. The summed E-state index contributed by atoms with van der Waals surface area (Å²) in [5.41, 5.74) is 2.67. The Morgan fingerprint density at radius 1 is 1.24 bits per heavy atom. The van der Waals surface area contributed by atoms with Crippen LogP contribution in [0.15, 0.2) is 30.6 Å². The largest absolute Gasteiger partial charge is 0.477 e. The third-order valence-electron chi connectivity index (χ3n) is 3.82. The summed E-state index contributed by atoms with van der Waals surface area (Å²) in [5.74, 6) is 0.371. The first-order valence-corrected chi connectivity index (χ1v) is 8.78. The van der Waals surface area contributed by atoms with E-state index in [2.05, 4.69) is 15.3 Å². The summed E-state index contributed by atoms with van der Waals surface area (Å²) in [4.78, 5) is 24.5. The molecule has 25 heavy (non-hydrogen) atoms. The van der Waals surface area contributed by atoms with Crippen molar-refractivity contribution in [1.82, 2.24) is 9.97 Å². The number of aromatic nitrogens is 2. The van der Waals surface area contributed by atoms with Gasteiger partial charge in [0.25, 0.3) is 5.91 Å². The molecule has 1 amide bonds. The van der Waals surface area contributed by atoms with Crippen molar-refractivity contribution in [2.45, 2.75) is 13.8 Å². The fourth-order valence-corrected chi connectivity index (χ4v) is 3.57. The number of nitrogens with zero attached hydrogens (tertiary/aromatic N) is 3. The van der Waals surface area contributed by atoms with Crippen LogP contribution in [0.25, 0.3) is 10.2 Å². The third kappa shape index (κ3) is 3.41. The summed E-state index contributed by atoms with van der Waals surface area (Å²) in [7, 11) is 3.95. The molecule has 130 valence electrons. The zero-order valence-electron chi connectivity index (χ0n) is 14.7. The first-order chi connectivity index (χ1) is 12.0. The van der Waals surface area contributed by atoms with Crippen LogP contribution in [0.3, 0.4) is 0 Å². The minimum Gasteiger partial charge on any atom is -0.477 e. The SMILES string of the molecule is CCOc1ncnc2sc(C(=O)Nc3ccc(N(C)C)cc3)c(C)c12. The van der Waals surface area contributed by atoms with Crippen LogP contribution in [0.1, 0.15) is 22.2 Å². The van der Waals surface area contributed by atoms with E-state index >= 15 is 0 Å². The van der Waals surface area contributed by atoms with Gasteiger partial charge in [0.2, 0.25) is 5.88 Å². The average Bonchev–Trinajstić information content (AvgIpc) is 2.94. The highest BCUT2D eigenvalue weighted by atomic mass is 32.1. The lowest BCUT2D eigenvalue weighted by Crippen LogP contribution is -2.12. The molecule has 0 fully saturated rings. The minimum atomic E-state index is -0.152. The molecule has 0 aliphatic carbocycles. The third-order valence-corrected chi connectivity index (χ3v) is 5.02.